The fraction of sp³-hybridized carbons (Fsp3) is 0.833. The summed E-state index contributed by atoms with van der Waals surface area (Å²) < 4.78 is 1.74. The zero-order valence-electron chi connectivity index (χ0n) is 5.76. The van der Waals surface area contributed by atoms with E-state index in [1.54, 1.807) is 11.5 Å². The van der Waals surface area contributed by atoms with Gasteiger partial charge in [-0.05, 0) is 13.8 Å². The van der Waals surface area contributed by atoms with Crippen LogP contribution in [0.1, 0.15) is 13.8 Å². The van der Waals surface area contributed by atoms with Gasteiger partial charge < -0.3 is 5.11 Å². The summed E-state index contributed by atoms with van der Waals surface area (Å²) in [4.78, 5) is 0. The van der Waals surface area contributed by atoms with Gasteiger partial charge in [0.25, 0.3) is 0 Å². The van der Waals surface area contributed by atoms with Crippen molar-refractivity contribution < 1.29 is 9.68 Å². The van der Waals surface area contributed by atoms with Crippen LogP contribution in [0.15, 0.2) is 0 Å². The molecule has 0 aromatic heterocycles. The quantitative estimate of drug-likeness (QED) is 0.401. The van der Waals surface area contributed by atoms with E-state index in [-0.39, 0.29) is 12.1 Å². The number of rotatable bonds is 2. The van der Waals surface area contributed by atoms with E-state index in [9.17, 15) is 0 Å². The van der Waals surface area contributed by atoms with Crippen LogP contribution in [0.5, 0.6) is 0 Å². The predicted molar refractivity (Wildman–Crippen MR) is 34.4 cm³/mol. The van der Waals surface area contributed by atoms with E-state index in [0.717, 1.165) is 0 Å². The lowest BCUT2D eigenvalue weighted by atomic mass is 10.2. The largest absolute Gasteiger partial charge is 0.387 e. The second-order valence-corrected chi connectivity index (χ2v) is 2.24. The molecule has 0 spiro atoms. The molecule has 0 saturated heterocycles. The highest BCUT2D eigenvalue weighted by Crippen LogP contribution is 1.92. The fourth-order valence-corrected chi connectivity index (χ4v) is 0.368. The molecular formula is C6H14NO+. The summed E-state index contributed by atoms with van der Waals surface area (Å²) in [5, 5.41) is 8.91. The zero-order chi connectivity index (χ0) is 6.73. The van der Waals surface area contributed by atoms with Gasteiger partial charge in [0.2, 0.25) is 0 Å². The zero-order valence-corrected chi connectivity index (χ0v) is 5.76. The molecule has 0 aromatic carbocycles. The Labute approximate surface area is 50.5 Å². The van der Waals surface area contributed by atoms with Gasteiger partial charge in [-0.1, -0.05) is 0 Å². The Bertz CT molecular complexity index is 88.5. The Morgan fingerprint density at radius 2 is 1.88 bits per heavy atom. The standard InChI is InChI=1S/C6H14NO/c1-5(6(2)8)7(3)4/h5-6,8H,3H2,1-2,4H3/q+1/t5-,6?/m0/s1. The predicted octanol–water partition coefficient (Wildman–Crippen LogP) is 0.0986. The van der Waals surface area contributed by atoms with Crippen LogP contribution in [0, 0.1) is 0 Å². The van der Waals surface area contributed by atoms with Crippen LogP contribution in [0.2, 0.25) is 0 Å². The third kappa shape index (κ3) is 2.07. The Morgan fingerprint density at radius 3 is 1.88 bits per heavy atom. The third-order valence-corrected chi connectivity index (χ3v) is 1.39. The van der Waals surface area contributed by atoms with Gasteiger partial charge in [0.15, 0.2) is 6.04 Å². The van der Waals surface area contributed by atoms with Crippen LogP contribution in [0.3, 0.4) is 0 Å². The lowest BCUT2D eigenvalue weighted by Gasteiger charge is -2.07. The van der Waals surface area contributed by atoms with E-state index in [0.29, 0.717) is 0 Å². The topological polar surface area (TPSA) is 23.2 Å². The maximum atomic E-state index is 8.91. The van der Waals surface area contributed by atoms with Crippen molar-refractivity contribution in [3.63, 3.8) is 0 Å². The minimum absolute atomic E-state index is 0.148. The SMILES string of the molecule is C=[N+](C)[C@@H](C)C(C)O. The summed E-state index contributed by atoms with van der Waals surface area (Å²) >= 11 is 0. The summed E-state index contributed by atoms with van der Waals surface area (Å²) in [6.45, 7) is 7.32. The van der Waals surface area contributed by atoms with E-state index in [1.165, 1.54) is 0 Å². The molecule has 0 bridgehead atoms. The van der Waals surface area contributed by atoms with Gasteiger partial charge in [-0.25, -0.2) is 4.58 Å². The molecule has 0 radical (unpaired) electrons. The van der Waals surface area contributed by atoms with Crippen molar-refractivity contribution in [2.45, 2.75) is 26.0 Å². The smallest absolute Gasteiger partial charge is 0.174 e. The molecule has 0 heterocycles. The van der Waals surface area contributed by atoms with Crippen molar-refractivity contribution in [1.29, 1.82) is 0 Å². The van der Waals surface area contributed by atoms with Crippen molar-refractivity contribution in [2.24, 2.45) is 0 Å². The normalized spacial score (nSPS) is 17.5. The van der Waals surface area contributed by atoms with Gasteiger partial charge in [0.05, 0.1) is 0 Å². The highest BCUT2D eigenvalue weighted by atomic mass is 16.3. The Morgan fingerprint density at radius 1 is 1.50 bits per heavy atom. The third-order valence-electron chi connectivity index (χ3n) is 1.39. The van der Waals surface area contributed by atoms with Crippen LogP contribution < -0.4 is 0 Å². The lowest BCUT2D eigenvalue weighted by Crippen LogP contribution is -2.29. The summed E-state index contributed by atoms with van der Waals surface area (Å²) in [6, 6.07) is 0.148. The summed E-state index contributed by atoms with van der Waals surface area (Å²) in [7, 11) is 1.84. The summed E-state index contributed by atoms with van der Waals surface area (Å²) in [5.41, 5.74) is 0. The summed E-state index contributed by atoms with van der Waals surface area (Å²) in [6.07, 6.45) is -0.294. The molecule has 0 aliphatic rings. The molecule has 0 amide bonds. The number of aliphatic hydroxyl groups is 1. The Hall–Kier alpha value is -0.370. The molecule has 0 aliphatic heterocycles. The monoisotopic (exact) mass is 116 g/mol. The number of hydrogen-bond donors (Lipinski definition) is 1. The minimum atomic E-state index is -0.294. The molecule has 0 fully saturated rings. The van der Waals surface area contributed by atoms with E-state index in [1.807, 2.05) is 14.0 Å². The molecule has 0 rings (SSSR count). The van der Waals surface area contributed by atoms with E-state index < -0.39 is 0 Å². The van der Waals surface area contributed by atoms with Crippen LogP contribution in [-0.2, 0) is 0 Å². The molecule has 2 heteroatoms. The fourth-order valence-electron chi connectivity index (χ4n) is 0.368. The van der Waals surface area contributed by atoms with E-state index in [2.05, 4.69) is 6.72 Å². The second-order valence-electron chi connectivity index (χ2n) is 2.24. The average molecular weight is 116 g/mol. The molecule has 0 saturated carbocycles. The van der Waals surface area contributed by atoms with Crippen molar-refractivity contribution in [3.8, 4) is 0 Å². The number of hydrogen-bond acceptors (Lipinski definition) is 1. The molecule has 2 nitrogen and oxygen atoms in total. The molecule has 1 unspecified atom stereocenters. The summed E-state index contributed by atoms with van der Waals surface area (Å²) in [5.74, 6) is 0. The van der Waals surface area contributed by atoms with E-state index in [4.69, 9.17) is 5.11 Å². The molecule has 1 N–H and O–H groups in total. The van der Waals surface area contributed by atoms with Crippen LogP contribution in [0.4, 0.5) is 0 Å². The lowest BCUT2D eigenvalue weighted by molar-refractivity contribution is -0.536. The minimum Gasteiger partial charge on any atom is -0.387 e. The van der Waals surface area contributed by atoms with Crippen molar-refractivity contribution in [2.75, 3.05) is 7.05 Å². The van der Waals surface area contributed by atoms with Crippen LogP contribution in [-0.4, -0.2) is 35.6 Å². The second kappa shape index (κ2) is 2.82. The van der Waals surface area contributed by atoms with Crippen LogP contribution >= 0.6 is 0 Å². The van der Waals surface area contributed by atoms with Gasteiger partial charge in [0, 0.05) is 0 Å². The first-order chi connectivity index (χ1) is 3.55. The maximum Gasteiger partial charge on any atom is 0.174 e. The number of nitrogens with zero attached hydrogens (tertiary/aromatic N) is 1. The first-order valence-corrected chi connectivity index (χ1v) is 2.77. The first kappa shape index (κ1) is 7.63. The van der Waals surface area contributed by atoms with Crippen molar-refractivity contribution in [3.05, 3.63) is 0 Å². The molecule has 48 valence electrons. The van der Waals surface area contributed by atoms with Crippen molar-refractivity contribution >= 4 is 6.72 Å². The molecule has 2 atom stereocenters. The number of likely N-dealkylation sites (N-methyl/N-ethyl adjacent to an activating group) is 1. The average Bonchev–Trinajstić information content (AvgIpc) is 1.64. The van der Waals surface area contributed by atoms with Gasteiger partial charge in [0.1, 0.15) is 19.9 Å². The maximum absolute atomic E-state index is 8.91. The highest BCUT2D eigenvalue weighted by molar-refractivity contribution is 5.14. The van der Waals surface area contributed by atoms with Gasteiger partial charge in [-0.15, -0.1) is 0 Å². The molecule has 8 heavy (non-hydrogen) atoms. The van der Waals surface area contributed by atoms with Crippen molar-refractivity contribution in [1.82, 2.24) is 0 Å². The number of aliphatic hydroxyl groups excluding tert-OH is 1. The highest BCUT2D eigenvalue weighted by Gasteiger charge is 2.13. The van der Waals surface area contributed by atoms with Gasteiger partial charge in [-0.2, -0.15) is 0 Å². The van der Waals surface area contributed by atoms with E-state index >= 15 is 0 Å². The van der Waals surface area contributed by atoms with Gasteiger partial charge in [-0.3, -0.25) is 0 Å². The molecule has 0 aliphatic carbocycles. The van der Waals surface area contributed by atoms with Crippen LogP contribution in [0.25, 0.3) is 0 Å². The Balaban J connectivity index is 3.64. The Kier molecular flexibility index (Phi) is 2.69. The van der Waals surface area contributed by atoms with Gasteiger partial charge >= 0.3 is 0 Å². The first-order valence-electron chi connectivity index (χ1n) is 2.77. The molecule has 0 aromatic rings. The molecular weight excluding hydrogens is 102 g/mol.